The van der Waals surface area contributed by atoms with E-state index in [1.807, 2.05) is 6.07 Å². The molecular weight excluding hydrogens is 169 g/mol. The molecular formula is C9H6FN3. The fourth-order valence-electron chi connectivity index (χ4n) is 0.957. The van der Waals surface area contributed by atoms with Crippen molar-refractivity contribution in [2.45, 2.75) is 6.42 Å². The molecule has 1 rings (SSSR count). The summed E-state index contributed by atoms with van der Waals surface area (Å²) in [7, 11) is 0. The first-order valence-electron chi connectivity index (χ1n) is 3.54. The van der Waals surface area contributed by atoms with Gasteiger partial charge in [0.2, 0.25) is 0 Å². The summed E-state index contributed by atoms with van der Waals surface area (Å²) in [6.07, 6.45) is 0.0841. The van der Waals surface area contributed by atoms with Crippen LogP contribution in [0.15, 0.2) is 12.1 Å². The third-order valence-corrected chi connectivity index (χ3v) is 1.62. The molecule has 0 saturated carbocycles. The van der Waals surface area contributed by atoms with Gasteiger partial charge in [-0.1, -0.05) is 0 Å². The lowest BCUT2D eigenvalue weighted by Crippen LogP contribution is -1.97. The van der Waals surface area contributed by atoms with Crippen LogP contribution in [0.2, 0.25) is 0 Å². The van der Waals surface area contributed by atoms with Crippen molar-refractivity contribution in [3.63, 3.8) is 0 Å². The molecule has 0 unspecified atom stereocenters. The predicted octanol–water partition coefficient (Wildman–Crippen LogP) is 1.35. The Kier molecular flexibility index (Phi) is 2.47. The molecule has 2 N–H and O–H groups in total. The number of nitrogens with two attached hydrogens (primary N) is 1. The molecule has 0 heterocycles. The van der Waals surface area contributed by atoms with E-state index in [2.05, 4.69) is 0 Å². The minimum Gasteiger partial charge on any atom is -0.398 e. The molecule has 1 aromatic rings. The summed E-state index contributed by atoms with van der Waals surface area (Å²) in [5.41, 5.74) is 6.04. The maximum Gasteiger partial charge on any atom is 0.143 e. The average molecular weight is 175 g/mol. The first kappa shape index (κ1) is 9.02. The Bertz CT molecular complexity index is 412. The molecule has 3 nitrogen and oxygen atoms in total. The van der Waals surface area contributed by atoms with Crippen LogP contribution in [-0.4, -0.2) is 0 Å². The molecule has 4 heteroatoms. The molecule has 0 aliphatic rings. The third kappa shape index (κ3) is 1.74. The molecule has 0 amide bonds. The number of anilines is 1. The molecule has 0 aliphatic carbocycles. The van der Waals surface area contributed by atoms with Gasteiger partial charge in [-0.15, -0.1) is 0 Å². The minimum absolute atomic E-state index is 0.0838. The van der Waals surface area contributed by atoms with Crippen LogP contribution < -0.4 is 5.73 Å². The summed E-state index contributed by atoms with van der Waals surface area (Å²) >= 11 is 0. The van der Waals surface area contributed by atoms with E-state index < -0.39 is 5.82 Å². The molecule has 13 heavy (non-hydrogen) atoms. The van der Waals surface area contributed by atoms with Gasteiger partial charge in [-0.05, 0) is 17.7 Å². The second-order valence-corrected chi connectivity index (χ2v) is 2.48. The highest BCUT2D eigenvalue weighted by Crippen LogP contribution is 2.17. The lowest BCUT2D eigenvalue weighted by atomic mass is 10.1. The maximum atomic E-state index is 12.9. The van der Waals surface area contributed by atoms with E-state index in [-0.39, 0.29) is 17.7 Å². The quantitative estimate of drug-likeness (QED) is 0.654. The summed E-state index contributed by atoms with van der Waals surface area (Å²) in [5.74, 6) is -0.651. The van der Waals surface area contributed by atoms with Crippen LogP contribution in [-0.2, 0) is 6.42 Å². The van der Waals surface area contributed by atoms with Gasteiger partial charge in [0.15, 0.2) is 0 Å². The number of nitrogen functional groups attached to an aromatic ring is 1. The van der Waals surface area contributed by atoms with Crippen LogP contribution in [0.5, 0.6) is 0 Å². The lowest BCUT2D eigenvalue weighted by Gasteiger charge is -2.02. The summed E-state index contributed by atoms with van der Waals surface area (Å²) in [6.45, 7) is 0. The number of rotatable bonds is 1. The Balaban J connectivity index is 3.26. The van der Waals surface area contributed by atoms with E-state index in [1.165, 1.54) is 6.07 Å². The number of nitriles is 2. The van der Waals surface area contributed by atoms with Crippen LogP contribution in [0, 0.1) is 28.5 Å². The van der Waals surface area contributed by atoms with E-state index in [4.69, 9.17) is 16.3 Å². The van der Waals surface area contributed by atoms with Crippen molar-refractivity contribution in [2.75, 3.05) is 5.73 Å². The number of halogens is 1. The van der Waals surface area contributed by atoms with Crippen molar-refractivity contribution in [1.29, 1.82) is 10.5 Å². The van der Waals surface area contributed by atoms with E-state index >= 15 is 0 Å². The van der Waals surface area contributed by atoms with Gasteiger partial charge in [0.1, 0.15) is 11.9 Å². The molecule has 1 aromatic carbocycles. The van der Waals surface area contributed by atoms with E-state index in [0.717, 1.165) is 6.07 Å². The van der Waals surface area contributed by atoms with Gasteiger partial charge >= 0.3 is 0 Å². The Hall–Kier alpha value is -2.07. The summed E-state index contributed by atoms with van der Waals surface area (Å²) in [5, 5.41) is 16.9. The predicted molar refractivity (Wildman–Crippen MR) is 44.8 cm³/mol. The second-order valence-electron chi connectivity index (χ2n) is 2.48. The molecule has 0 fully saturated rings. The van der Waals surface area contributed by atoms with Crippen molar-refractivity contribution in [3.8, 4) is 12.1 Å². The molecule has 0 aliphatic heterocycles. The van der Waals surface area contributed by atoms with Gasteiger partial charge in [0.05, 0.1) is 18.1 Å². The Morgan fingerprint density at radius 2 is 2.08 bits per heavy atom. The highest BCUT2D eigenvalue weighted by atomic mass is 19.1. The van der Waals surface area contributed by atoms with Crippen molar-refractivity contribution in [2.24, 2.45) is 0 Å². The zero-order valence-electron chi connectivity index (χ0n) is 6.71. The first-order chi connectivity index (χ1) is 6.19. The molecule has 0 bridgehead atoms. The molecule has 0 saturated heterocycles. The number of hydrogen-bond acceptors (Lipinski definition) is 3. The average Bonchev–Trinajstić information content (AvgIpc) is 2.10. The van der Waals surface area contributed by atoms with Gasteiger partial charge in [0.25, 0.3) is 0 Å². The molecule has 64 valence electrons. The van der Waals surface area contributed by atoms with E-state index in [9.17, 15) is 4.39 Å². The lowest BCUT2D eigenvalue weighted by molar-refractivity contribution is 0.624. The van der Waals surface area contributed by atoms with Crippen molar-refractivity contribution in [3.05, 3.63) is 29.1 Å². The zero-order valence-corrected chi connectivity index (χ0v) is 6.71. The van der Waals surface area contributed by atoms with Gasteiger partial charge in [0, 0.05) is 5.69 Å². The first-order valence-corrected chi connectivity index (χ1v) is 3.54. The standard InChI is InChI=1S/C9H6FN3/c10-8-4-9(13)6(1-2-11)3-7(8)5-12/h3-4H,1,13H2. The smallest absolute Gasteiger partial charge is 0.143 e. The summed E-state index contributed by atoms with van der Waals surface area (Å²) in [4.78, 5) is 0. The second kappa shape index (κ2) is 3.55. The normalized spacial score (nSPS) is 8.85. The van der Waals surface area contributed by atoms with Gasteiger partial charge in [-0.25, -0.2) is 4.39 Å². The van der Waals surface area contributed by atoms with Crippen molar-refractivity contribution in [1.82, 2.24) is 0 Å². The number of nitrogens with zero attached hydrogens (tertiary/aromatic N) is 2. The number of hydrogen-bond donors (Lipinski definition) is 1. The zero-order chi connectivity index (χ0) is 9.84. The highest BCUT2D eigenvalue weighted by Gasteiger charge is 2.06. The van der Waals surface area contributed by atoms with Crippen LogP contribution >= 0.6 is 0 Å². The monoisotopic (exact) mass is 175 g/mol. The molecule has 0 radical (unpaired) electrons. The number of benzene rings is 1. The molecule has 0 atom stereocenters. The van der Waals surface area contributed by atoms with E-state index in [1.54, 1.807) is 6.07 Å². The SMILES string of the molecule is N#CCc1cc(C#N)c(F)cc1N. The molecule has 0 spiro atoms. The van der Waals surface area contributed by atoms with Gasteiger partial charge < -0.3 is 5.73 Å². The van der Waals surface area contributed by atoms with Crippen LogP contribution in [0.4, 0.5) is 10.1 Å². The van der Waals surface area contributed by atoms with Gasteiger partial charge in [-0.2, -0.15) is 10.5 Å². The Labute approximate surface area is 74.8 Å². The fraction of sp³-hybridized carbons (Fsp3) is 0.111. The Morgan fingerprint density at radius 1 is 1.38 bits per heavy atom. The van der Waals surface area contributed by atoms with Crippen molar-refractivity contribution >= 4 is 5.69 Å². The minimum atomic E-state index is -0.651. The third-order valence-electron chi connectivity index (χ3n) is 1.62. The van der Waals surface area contributed by atoms with Crippen LogP contribution in [0.3, 0.4) is 0 Å². The Morgan fingerprint density at radius 3 is 2.62 bits per heavy atom. The maximum absolute atomic E-state index is 12.9. The molecule has 0 aromatic heterocycles. The highest BCUT2D eigenvalue weighted by molar-refractivity contribution is 5.52. The summed E-state index contributed by atoms with van der Waals surface area (Å²) in [6, 6.07) is 5.93. The van der Waals surface area contributed by atoms with Crippen molar-refractivity contribution < 1.29 is 4.39 Å². The summed E-state index contributed by atoms with van der Waals surface area (Å²) < 4.78 is 12.9. The largest absolute Gasteiger partial charge is 0.398 e. The van der Waals surface area contributed by atoms with Crippen LogP contribution in [0.25, 0.3) is 0 Å². The van der Waals surface area contributed by atoms with Crippen LogP contribution in [0.1, 0.15) is 11.1 Å². The van der Waals surface area contributed by atoms with Gasteiger partial charge in [-0.3, -0.25) is 0 Å². The fourth-order valence-corrected chi connectivity index (χ4v) is 0.957. The topological polar surface area (TPSA) is 73.6 Å². The van der Waals surface area contributed by atoms with E-state index in [0.29, 0.717) is 5.56 Å².